The molecule has 0 unspecified atom stereocenters. The van der Waals surface area contributed by atoms with Gasteiger partial charge in [0.2, 0.25) is 12.6 Å². The lowest BCUT2D eigenvalue weighted by Gasteiger charge is -2.06. The molecule has 88 valence electrons. The summed E-state index contributed by atoms with van der Waals surface area (Å²) >= 11 is 6.82. The molecule has 0 amide bonds. The number of rotatable bonds is 4. The van der Waals surface area contributed by atoms with Crippen molar-refractivity contribution in [3.63, 3.8) is 0 Å². The second-order valence-corrected chi connectivity index (χ2v) is 4.50. The van der Waals surface area contributed by atoms with Crippen LogP contribution in [0.3, 0.4) is 0 Å². The number of para-hydroxylation sites is 1. The van der Waals surface area contributed by atoms with Crippen molar-refractivity contribution in [3.8, 4) is 5.75 Å². The number of aromatic nitrogens is 1. The monoisotopic (exact) mass is 271 g/mol. The highest BCUT2D eigenvalue weighted by atomic mass is 35.5. The molecule has 0 radical (unpaired) electrons. The van der Waals surface area contributed by atoms with Crippen LogP contribution < -0.4 is 4.74 Å². The summed E-state index contributed by atoms with van der Waals surface area (Å²) in [6, 6.07) is 6.42. The van der Waals surface area contributed by atoms with Gasteiger partial charge in [0, 0.05) is 5.38 Å². The Hall–Kier alpha value is -1.46. The molecule has 1 aromatic carbocycles. The number of carbonyl (C=O) groups excluding carboxylic acids is 1. The molecule has 1 heterocycles. The Balaban J connectivity index is 2.36. The number of carbonyl (C=O) groups is 1. The lowest BCUT2D eigenvalue weighted by atomic mass is 10.1. The van der Waals surface area contributed by atoms with Crippen LogP contribution >= 0.6 is 22.9 Å². The van der Waals surface area contributed by atoms with Crippen molar-refractivity contribution in [2.45, 2.75) is 0 Å². The topological polar surface area (TPSA) is 39.2 Å². The first-order valence-corrected chi connectivity index (χ1v) is 5.91. The van der Waals surface area contributed by atoms with E-state index in [0.717, 1.165) is 0 Å². The van der Waals surface area contributed by atoms with Crippen LogP contribution in [0.4, 0.5) is 4.39 Å². The summed E-state index contributed by atoms with van der Waals surface area (Å²) in [6.45, 7) is -0.984. The molecule has 0 bridgehead atoms. The van der Waals surface area contributed by atoms with Crippen LogP contribution in [0.5, 0.6) is 5.75 Å². The van der Waals surface area contributed by atoms with Crippen molar-refractivity contribution in [1.29, 1.82) is 0 Å². The molecule has 0 N–H and O–H groups in total. The van der Waals surface area contributed by atoms with Gasteiger partial charge in [0.1, 0.15) is 11.4 Å². The summed E-state index contributed by atoms with van der Waals surface area (Å²) in [5, 5.41) is 1.55. The van der Waals surface area contributed by atoms with Gasteiger partial charge < -0.3 is 4.74 Å². The fourth-order valence-corrected chi connectivity index (χ4v) is 2.08. The van der Waals surface area contributed by atoms with Gasteiger partial charge in [0.15, 0.2) is 4.47 Å². The highest BCUT2D eigenvalue weighted by molar-refractivity contribution is 7.14. The summed E-state index contributed by atoms with van der Waals surface area (Å²) in [5.74, 6) is -0.138. The molecule has 0 aliphatic rings. The number of thiazole rings is 1. The van der Waals surface area contributed by atoms with E-state index in [1.165, 1.54) is 17.4 Å². The summed E-state index contributed by atoms with van der Waals surface area (Å²) in [7, 11) is 0. The molecule has 2 aromatic rings. The van der Waals surface area contributed by atoms with Crippen molar-refractivity contribution in [2.75, 3.05) is 6.86 Å². The molecule has 0 spiro atoms. The SMILES string of the molecule is O=C(c1csc(Cl)n1)c1ccccc1OCF. The third kappa shape index (κ3) is 2.62. The van der Waals surface area contributed by atoms with E-state index >= 15 is 0 Å². The Labute approximate surface area is 106 Å². The first-order valence-electron chi connectivity index (χ1n) is 4.66. The predicted octanol–water partition coefficient (Wildman–Crippen LogP) is 3.33. The first kappa shape index (κ1) is 12.0. The molecule has 2 rings (SSSR count). The first-order chi connectivity index (χ1) is 8.22. The fourth-order valence-electron chi connectivity index (χ4n) is 1.33. The van der Waals surface area contributed by atoms with E-state index in [-0.39, 0.29) is 27.3 Å². The van der Waals surface area contributed by atoms with E-state index in [1.54, 1.807) is 23.6 Å². The highest BCUT2D eigenvalue weighted by Gasteiger charge is 2.16. The van der Waals surface area contributed by atoms with Crippen molar-refractivity contribution >= 4 is 28.7 Å². The van der Waals surface area contributed by atoms with Crippen molar-refractivity contribution in [2.24, 2.45) is 0 Å². The van der Waals surface area contributed by atoms with E-state index in [0.29, 0.717) is 0 Å². The summed E-state index contributed by atoms with van der Waals surface area (Å²) < 4.78 is 17.2. The molecule has 0 saturated heterocycles. The van der Waals surface area contributed by atoms with Crippen LogP contribution in [0, 0.1) is 0 Å². The normalized spacial score (nSPS) is 10.2. The molecule has 0 saturated carbocycles. The van der Waals surface area contributed by atoms with Crippen LogP contribution in [0.1, 0.15) is 16.1 Å². The van der Waals surface area contributed by atoms with Crippen molar-refractivity contribution in [1.82, 2.24) is 4.98 Å². The van der Waals surface area contributed by atoms with Crippen LogP contribution in [0.2, 0.25) is 4.47 Å². The van der Waals surface area contributed by atoms with Gasteiger partial charge in [0.25, 0.3) is 0 Å². The van der Waals surface area contributed by atoms with Crippen LogP contribution in [0.25, 0.3) is 0 Å². The average Bonchev–Trinajstić information content (AvgIpc) is 2.76. The van der Waals surface area contributed by atoms with E-state index in [9.17, 15) is 9.18 Å². The third-order valence-electron chi connectivity index (χ3n) is 2.05. The number of ether oxygens (including phenoxy) is 1. The molecule has 1 aromatic heterocycles. The molecule has 0 fully saturated rings. The van der Waals surface area contributed by atoms with E-state index in [2.05, 4.69) is 4.98 Å². The summed E-state index contributed by atoms with van der Waals surface area (Å²) in [6.07, 6.45) is 0. The number of benzene rings is 1. The Morgan fingerprint density at radius 3 is 2.88 bits per heavy atom. The molecule has 17 heavy (non-hydrogen) atoms. The van der Waals surface area contributed by atoms with Crippen LogP contribution in [0.15, 0.2) is 29.6 Å². The lowest BCUT2D eigenvalue weighted by Crippen LogP contribution is -2.05. The number of alkyl halides is 1. The number of halogens is 2. The van der Waals surface area contributed by atoms with Gasteiger partial charge >= 0.3 is 0 Å². The Bertz CT molecular complexity index is 544. The Morgan fingerprint density at radius 1 is 1.47 bits per heavy atom. The zero-order chi connectivity index (χ0) is 12.3. The Morgan fingerprint density at radius 2 is 2.24 bits per heavy atom. The molecule has 0 atom stereocenters. The number of nitrogens with zero attached hydrogens (tertiary/aromatic N) is 1. The van der Waals surface area contributed by atoms with Crippen LogP contribution in [-0.2, 0) is 0 Å². The second-order valence-electron chi connectivity index (χ2n) is 3.06. The maximum Gasteiger partial charge on any atom is 0.228 e. The van der Waals surface area contributed by atoms with Gasteiger partial charge in [0.05, 0.1) is 5.56 Å². The number of ketones is 1. The minimum absolute atomic E-state index is 0.198. The predicted molar refractivity (Wildman–Crippen MR) is 63.6 cm³/mol. The molecular formula is C11H7ClFNO2S. The maximum absolute atomic E-state index is 12.2. The minimum Gasteiger partial charge on any atom is -0.462 e. The minimum atomic E-state index is -0.984. The number of hydrogen-bond acceptors (Lipinski definition) is 4. The van der Waals surface area contributed by atoms with E-state index in [1.807, 2.05) is 0 Å². The third-order valence-corrected chi connectivity index (χ3v) is 3.03. The molecule has 0 aliphatic heterocycles. The fraction of sp³-hybridized carbons (Fsp3) is 0.0909. The van der Waals surface area contributed by atoms with Gasteiger partial charge in [-0.2, -0.15) is 0 Å². The molecule has 3 nitrogen and oxygen atoms in total. The summed E-state index contributed by atoms with van der Waals surface area (Å²) in [4.78, 5) is 15.9. The standard InChI is InChI=1S/C11H7ClFNO2S/c12-11-14-8(5-17-11)10(15)7-3-1-2-4-9(7)16-6-13/h1-5H,6H2. The van der Waals surface area contributed by atoms with Crippen molar-refractivity contribution < 1.29 is 13.9 Å². The van der Waals surface area contributed by atoms with E-state index in [4.69, 9.17) is 16.3 Å². The molecule has 0 aliphatic carbocycles. The van der Waals surface area contributed by atoms with Crippen molar-refractivity contribution in [3.05, 3.63) is 45.4 Å². The zero-order valence-electron chi connectivity index (χ0n) is 8.52. The quantitative estimate of drug-likeness (QED) is 0.801. The molecular weight excluding hydrogens is 265 g/mol. The van der Waals surface area contributed by atoms with Gasteiger partial charge in [-0.25, -0.2) is 9.37 Å². The van der Waals surface area contributed by atoms with Gasteiger partial charge in [-0.05, 0) is 12.1 Å². The Kier molecular flexibility index (Phi) is 3.71. The van der Waals surface area contributed by atoms with Crippen LogP contribution in [-0.4, -0.2) is 17.6 Å². The van der Waals surface area contributed by atoms with Gasteiger partial charge in [-0.1, -0.05) is 23.7 Å². The van der Waals surface area contributed by atoms with Gasteiger partial charge in [-0.15, -0.1) is 11.3 Å². The summed E-state index contributed by atoms with van der Waals surface area (Å²) in [5.41, 5.74) is 0.502. The second kappa shape index (κ2) is 5.25. The zero-order valence-corrected chi connectivity index (χ0v) is 10.1. The number of hydrogen-bond donors (Lipinski definition) is 0. The molecule has 6 heteroatoms. The average molecular weight is 272 g/mol. The van der Waals surface area contributed by atoms with E-state index < -0.39 is 6.86 Å². The maximum atomic E-state index is 12.2. The van der Waals surface area contributed by atoms with Gasteiger partial charge in [-0.3, -0.25) is 4.79 Å². The lowest BCUT2D eigenvalue weighted by molar-refractivity contribution is 0.102. The largest absolute Gasteiger partial charge is 0.462 e. The smallest absolute Gasteiger partial charge is 0.228 e. The highest BCUT2D eigenvalue weighted by Crippen LogP contribution is 2.23.